The topological polar surface area (TPSA) is 44.8 Å². The number of nitrogens with one attached hydrogen (secondary N) is 1. The molecule has 1 amide bonds. The van der Waals surface area contributed by atoms with Crippen LogP contribution < -0.4 is 10.1 Å². The minimum absolute atomic E-state index is 0.0519. The van der Waals surface area contributed by atoms with Crippen molar-refractivity contribution in [2.24, 2.45) is 0 Å². The van der Waals surface area contributed by atoms with Gasteiger partial charge in [-0.3, -0.25) is 14.6 Å². The third kappa shape index (κ3) is 6.04. The van der Waals surface area contributed by atoms with Crippen molar-refractivity contribution in [1.82, 2.24) is 15.1 Å². The number of hydrogen-bond donors (Lipinski definition) is 1. The predicted octanol–water partition coefficient (Wildman–Crippen LogP) is 2.31. The Morgan fingerprint density at radius 2 is 1.71 bits per heavy atom. The third-order valence-electron chi connectivity index (χ3n) is 5.08. The number of methoxy groups -OCH3 is 1. The Morgan fingerprint density at radius 3 is 2.39 bits per heavy atom. The van der Waals surface area contributed by atoms with Crippen molar-refractivity contribution >= 4 is 5.91 Å². The molecule has 0 saturated carbocycles. The molecule has 1 heterocycles. The van der Waals surface area contributed by atoms with E-state index in [1.165, 1.54) is 11.6 Å². The molecule has 0 aliphatic carbocycles. The molecule has 1 saturated heterocycles. The van der Waals surface area contributed by atoms with Crippen LogP contribution in [0, 0.1) is 5.82 Å². The van der Waals surface area contributed by atoms with Crippen LogP contribution >= 0.6 is 0 Å². The van der Waals surface area contributed by atoms with Gasteiger partial charge in [-0.15, -0.1) is 0 Å². The lowest BCUT2D eigenvalue weighted by Crippen LogP contribution is -2.49. The van der Waals surface area contributed by atoms with E-state index >= 15 is 0 Å². The van der Waals surface area contributed by atoms with Crippen LogP contribution in [-0.2, 0) is 17.8 Å². The Hall–Kier alpha value is -2.44. The summed E-state index contributed by atoms with van der Waals surface area (Å²) in [4.78, 5) is 16.6. The molecule has 6 heteroatoms. The van der Waals surface area contributed by atoms with E-state index in [0.29, 0.717) is 19.6 Å². The fraction of sp³-hybridized carbons (Fsp3) is 0.409. The van der Waals surface area contributed by atoms with Crippen molar-refractivity contribution < 1.29 is 13.9 Å². The fourth-order valence-electron chi connectivity index (χ4n) is 3.37. The second-order valence-electron chi connectivity index (χ2n) is 7.09. The summed E-state index contributed by atoms with van der Waals surface area (Å²) in [6.45, 7) is 4.98. The van der Waals surface area contributed by atoms with Crippen molar-refractivity contribution in [3.8, 4) is 5.75 Å². The highest BCUT2D eigenvalue weighted by atomic mass is 19.1. The van der Waals surface area contributed by atoms with Crippen molar-refractivity contribution in [1.29, 1.82) is 0 Å². The highest BCUT2D eigenvalue weighted by Crippen LogP contribution is 2.12. The van der Waals surface area contributed by atoms with Crippen LogP contribution in [0.4, 0.5) is 4.39 Å². The van der Waals surface area contributed by atoms with Gasteiger partial charge in [0.15, 0.2) is 0 Å². The molecule has 2 aromatic rings. The van der Waals surface area contributed by atoms with Gasteiger partial charge in [-0.25, -0.2) is 4.39 Å². The first kappa shape index (κ1) is 20.3. The average molecular weight is 385 g/mol. The highest BCUT2D eigenvalue weighted by molar-refractivity contribution is 5.78. The molecule has 0 spiro atoms. The van der Waals surface area contributed by atoms with Gasteiger partial charge in [-0.05, 0) is 30.2 Å². The number of carbonyl (C=O) groups excluding carboxylic acids is 1. The SMILES string of the molecule is COc1ccc(CCNC(=O)CN2CCN(Cc3ccccc3F)CC2)cc1. The zero-order chi connectivity index (χ0) is 19.8. The molecular weight excluding hydrogens is 357 g/mol. The van der Waals surface area contributed by atoms with Gasteiger partial charge in [0.25, 0.3) is 0 Å². The molecule has 5 nitrogen and oxygen atoms in total. The maximum Gasteiger partial charge on any atom is 0.234 e. The van der Waals surface area contributed by atoms with Gasteiger partial charge in [-0.2, -0.15) is 0 Å². The molecular formula is C22H28FN3O2. The average Bonchev–Trinajstić information content (AvgIpc) is 2.72. The first-order valence-corrected chi connectivity index (χ1v) is 9.72. The summed E-state index contributed by atoms with van der Waals surface area (Å²) in [7, 11) is 1.65. The molecule has 1 fully saturated rings. The molecule has 0 atom stereocenters. The van der Waals surface area contributed by atoms with Crippen LogP contribution in [0.2, 0.25) is 0 Å². The summed E-state index contributed by atoms with van der Waals surface area (Å²) in [6.07, 6.45) is 0.798. The van der Waals surface area contributed by atoms with Crippen LogP contribution in [0.25, 0.3) is 0 Å². The van der Waals surface area contributed by atoms with Gasteiger partial charge in [0.1, 0.15) is 11.6 Å². The number of carbonyl (C=O) groups is 1. The van der Waals surface area contributed by atoms with Gasteiger partial charge < -0.3 is 10.1 Å². The Bertz CT molecular complexity index is 759. The second-order valence-corrected chi connectivity index (χ2v) is 7.09. The predicted molar refractivity (Wildman–Crippen MR) is 108 cm³/mol. The molecule has 0 aromatic heterocycles. The van der Waals surface area contributed by atoms with Gasteiger partial charge in [0.05, 0.1) is 13.7 Å². The summed E-state index contributed by atoms with van der Waals surface area (Å²) in [5, 5.41) is 2.99. The van der Waals surface area contributed by atoms with Crippen LogP contribution in [0.5, 0.6) is 5.75 Å². The van der Waals surface area contributed by atoms with Gasteiger partial charge in [0, 0.05) is 44.8 Å². The van der Waals surface area contributed by atoms with Crippen LogP contribution in [-0.4, -0.2) is 62.1 Å². The molecule has 3 rings (SSSR count). The zero-order valence-electron chi connectivity index (χ0n) is 16.4. The first-order chi connectivity index (χ1) is 13.6. The van der Waals surface area contributed by atoms with Crippen LogP contribution in [0.3, 0.4) is 0 Å². The second kappa shape index (κ2) is 10.2. The zero-order valence-corrected chi connectivity index (χ0v) is 16.4. The number of ether oxygens (including phenoxy) is 1. The quantitative estimate of drug-likeness (QED) is 0.758. The molecule has 0 unspecified atom stereocenters. The number of piperazine rings is 1. The van der Waals surface area contributed by atoms with E-state index in [1.807, 2.05) is 36.4 Å². The first-order valence-electron chi connectivity index (χ1n) is 9.72. The number of benzene rings is 2. The third-order valence-corrected chi connectivity index (χ3v) is 5.08. The van der Waals surface area contributed by atoms with Crippen molar-refractivity contribution in [2.45, 2.75) is 13.0 Å². The molecule has 0 bridgehead atoms. The minimum Gasteiger partial charge on any atom is -0.497 e. The Balaban J connectivity index is 1.33. The summed E-state index contributed by atoms with van der Waals surface area (Å²) < 4.78 is 18.9. The lowest BCUT2D eigenvalue weighted by atomic mass is 10.1. The van der Waals surface area contributed by atoms with Gasteiger partial charge in [0.2, 0.25) is 5.91 Å². The molecule has 1 aliphatic rings. The normalized spacial score (nSPS) is 15.4. The van der Waals surface area contributed by atoms with Crippen molar-refractivity contribution in [2.75, 3.05) is 46.4 Å². The number of amides is 1. The summed E-state index contributed by atoms with van der Waals surface area (Å²) in [5.41, 5.74) is 1.90. The molecule has 0 radical (unpaired) electrons. The molecule has 2 aromatic carbocycles. The van der Waals surface area contributed by atoms with E-state index in [9.17, 15) is 9.18 Å². The summed E-state index contributed by atoms with van der Waals surface area (Å²) in [6, 6.07) is 14.8. The van der Waals surface area contributed by atoms with E-state index in [-0.39, 0.29) is 11.7 Å². The van der Waals surface area contributed by atoms with Crippen LogP contribution in [0.15, 0.2) is 48.5 Å². The Kier molecular flexibility index (Phi) is 7.39. The Morgan fingerprint density at radius 1 is 1.04 bits per heavy atom. The molecule has 1 aliphatic heterocycles. The lowest BCUT2D eigenvalue weighted by Gasteiger charge is -2.34. The van der Waals surface area contributed by atoms with Gasteiger partial charge >= 0.3 is 0 Å². The number of nitrogens with zero attached hydrogens (tertiary/aromatic N) is 2. The fourth-order valence-corrected chi connectivity index (χ4v) is 3.37. The van der Waals surface area contributed by atoms with E-state index in [1.54, 1.807) is 13.2 Å². The number of rotatable bonds is 8. The minimum atomic E-state index is -0.152. The van der Waals surface area contributed by atoms with E-state index in [0.717, 1.165) is 43.9 Å². The molecule has 28 heavy (non-hydrogen) atoms. The van der Waals surface area contributed by atoms with E-state index < -0.39 is 0 Å². The largest absolute Gasteiger partial charge is 0.497 e. The maximum absolute atomic E-state index is 13.8. The number of hydrogen-bond acceptors (Lipinski definition) is 4. The van der Waals surface area contributed by atoms with E-state index in [2.05, 4.69) is 15.1 Å². The molecule has 1 N–H and O–H groups in total. The van der Waals surface area contributed by atoms with E-state index in [4.69, 9.17) is 4.74 Å². The summed E-state index contributed by atoms with van der Waals surface area (Å²) >= 11 is 0. The summed E-state index contributed by atoms with van der Waals surface area (Å²) in [5.74, 6) is 0.735. The van der Waals surface area contributed by atoms with Crippen molar-refractivity contribution in [3.63, 3.8) is 0 Å². The highest BCUT2D eigenvalue weighted by Gasteiger charge is 2.19. The molecule has 150 valence electrons. The monoisotopic (exact) mass is 385 g/mol. The van der Waals surface area contributed by atoms with Crippen LogP contribution in [0.1, 0.15) is 11.1 Å². The lowest BCUT2D eigenvalue weighted by molar-refractivity contribution is -0.122. The van der Waals surface area contributed by atoms with Crippen molar-refractivity contribution in [3.05, 3.63) is 65.5 Å². The standard InChI is InChI=1S/C22H28FN3O2/c1-28-20-8-6-18(7-9-20)10-11-24-22(27)17-26-14-12-25(13-15-26)16-19-4-2-3-5-21(19)23/h2-9H,10-17H2,1H3,(H,24,27). The smallest absolute Gasteiger partial charge is 0.234 e. The van der Waals surface area contributed by atoms with Gasteiger partial charge in [-0.1, -0.05) is 30.3 Å². The maximum atomic E-state index is 13.8. The number of halogens is 1. The Labute approximate surface area is 166 Å².